The number of aromatic amines is 1. The van der Waals surface area contributed by atoms with E-state index in [4.69, 9.17) is 0 Å². The molecule has 5 heteroatoms. The molecule has 1 aromatic carbocycles. The van der Waals surface area contributed by atoms with E-state index < -0.39 is 0 Å². The normalized spacial score (nSPS) is 12.2. The monoisotopic (exact) mass is 268 g/mol. The molecular weight excluding hydrogens is 256 g/mol. The molecule has 4 nitrogen and oxygen atoms in total. The van der Waals surface area contributed by atoms with E-state index in [1.165, 1.54) is 0 Å². The lowest BCUT2D eigenvalue weighted by Gasteiger charge is -1.96. The first-order valence-electron chi connectivity index (χ1n) is 5.78. The maximum Gasteiger partial charge on any atom is 0.166 e. The first-order chi connectivity index (χ1) is 9.26. The lowest BCUT2D eigenvalue weighted by Crippen LogP contribution is -2.22. The summed E-state index contributed by atoms with van der Waals surface area (Å²) in [6.07, 6.45) is 7.36. The van der Waals surface area contributed by atoms with Gasteiger partial charge < -0.3 is 4.98 Å². The smallest absolute Gasteiger partial charge is 0.166 e. The van der Waals surface area contributed by atoms with Crippen LogP contribution in [0.3, 0.4) is 0 Å². The van der Waals surface area contributed by atoms with Crippen LogP contribution in [0.1, 0.15) is 5.56 Å². The summed E-state index contributed by atoms with van der Waals surface area (Å²) in [6, 6.07) is 5.96. The second-order valence-corrected chi connectivity index (χ2v) is 4.85. The molecule has 0 atom stereocenters. The molecule has 0 radical (unpaired) electrons. The number of imidazole rings is 1. The molecule has 2 heterocycles. The number of H-pyrrole nitrogens is 1. The highest BCUT2D eigenvalue weighted by atomic mass is 32.2. The zero-order chi connectivity index (χ0) is 13.2. The third-order valence-corrected chi connectivity index (χ3v) is 3.36. The number of hydrogen-bond acceptors (Lipinski definition) is 4. The van der Waals surface area contributed by atoms with Gasteiger partial charge in [0.25, 0.3) is 0 Å². The number of thioether (sulfide) groups is 1. The highest BCUT2D eigenvalue weighted by Gasteiger charge is 1.98. The van der Waals surface area contributed by atoms with Crippen LogP contribution in [0.2, 0.25) is 0 Å². The van der Waals surface area contributed by atoms with Crippen molar-refractivity contribution in [2.24, 2.45) is 0 Å². The standard InChI is InChI=1S/C14H12N4S/c1-9-12(18-14(17-9)19-2)7-10-3-4-11-13(8-10)16-6-5-15-11/h3-8H,1H2,2H3,(H,17,18)/b12-7-. The number of nitrogens with one attached hydrogen (secondary N) is 1. The first kappa shape index (κ1) is 11.9. The molecule has 0 bridgehead atoms. The Bertz CT molecular complexity index is 838. The number of benzene rings is 1. The van der Waals surface area contributed by atoms with Crippen LogP contribution in [0.5, 0.6) is 0 Å². The molecular formula is C14H12N4S. The predicted octanol–water partition coefficient (Wildman–Crippen LogP) is 1.31. The minimum Gasteiger partial charge on any atom is -0.333 e. The molecule has 94 valence electrons. The van der Waals surface area contributed by atoms with Crippen molar-refractivity contribution >= 4 is 35.5 Å². The molecule has 0 fully saturated rings. The minimum absolute atomic E-state index is 0.823. The van der Waals surface area contributed by atoms with Crippen molar-refractivity contribution in [1.29, 1.82) is 0 Å². The molecule has 0 spiro atoms. The van der Waals surface area contributed by atoms with Gasteiger partial charge in [-0.25, -0.2) is 4.98 Å². The SMILES string of the molecule is C=c1[nH]c(SC)n/c1=C\c1ccc2nccnc2c1. The van der Waals surface area contributed by atoms with Gasteiger partial charge in [-0.2, -0.15) is 0 Å². The van der Waals surface area contributed by atoms with Crippen molar-refractivity contribution in [2.45, 2.75) is 5.16 Å². The summed E-state index contributed by atoms with van der Waals surface area (Å²) in [4.78, 5) is 16.1. The van der Waals surface area contributed by atoms with Crippen LogP contribution in [0.4, 0.5) is 0 Å². The predicted molar refractivity (Wildman–Crippen MR) is 78.2 cm³/mol. The summed E-state index contributed by atoms with van der Waals surface area (Å²) in [5, 5.41) is 2.55. The molecule has 0 saturated heterocycles. The summed E-state index contributed by atoms with van der Waals surface area (Å²) in [5.74, 6) is 0. The zero-order valence-corrected chi connectivity index (χ0v) is 11.2. The van der Waals surface area contributed by atoms with Crippen LogP contribution < -0.4 is 10.7 Å². The number of aromatic nitrogens is 4. The first-order valence-corrected chi connectivity index (χ1v) is 7.00. The molecule has 0 aliphatic carbocycles. The lowest BCUT2D eigenvalue weighted by atomic mass is 10.2. The molecule has 3 aromatic rings. The highest BCUT2D eigenvalue weighted by Crippen LogP contribution is 2.11. The zero-order valence-electron chi connectivity index (χ0n) is 10.4. The Labute approximate surface area is 114 Å². The van der Waals surface area contributed by atoms with Gasteiger partial charge in [0, 0.05) is 12.4 Å². The molecule has 2 aromatic heterocycles. The third-order valence-electron chi connectivity index (χ3n) is 2.78. The second kappa shape index (κ2) is 4.85. The van der Waals surface area contributed by atoms with Gasteiger partial charge in [-0.3, -0.25) is 9.97 Å². The molecule has 0 aliphatic heterocycles. The second-order valence-electron chi connectivity index (χ2n) is 4.06. The topological polar surface area (TPSA) is 54.5 Å². The van der Waals surface area contributed by atoms with Gasteiger partial charge in [-0.05, 0) is 30.0 Å². The van der Waals surface area contributed by atoms with E-state index in [-0.39, 0.29) is 0 Å². The van der Waals surface area contributed by atoms with Gasteiger partial charge in [0.15, 0.2) is 5.16 Å². The number of rotatable bonds is 2. The van der Waals surface area contributed by atoms with E-state index in [1.807, 2.05) is 30.5 Å². The summed E-state index contributed by atoms with van der Waals surface area (Å²) in [7, 11) is 0. The lowest BCUT2D eigenvalue weighted by molar-refractivity contribution is 1.05. The van der Waals surface area contributed by atoms with Gasteiger partial charge in [0.2, 0.25) is 0 Å². The van der Waals surface area contributed by atoms with E-state index in [1.54, 1.807) is 24.2 Å². The molecule has 0 unspecified atom stereocenters. The summed E-state index contributed by atoms with van der Waals surface area (Å²) in [5.41, 5.74) is 2.81. The van der Waals surface area contributed by atoms with Gasteiger partial charge in [-0.1, -0.05) is 24.4 Å². The van der Waals surface area contributed by atoms with E-state index in [0.717, 1.165) is 32.5 Å². The fourth-order valence-electron chi connectivity index (χ4n) is 1.84. The Kier molecular flexibility index (Phi) is 3.05. The van der Waals surface area contributed by atoms with Gasteiger partial charge in [0.1, 0.15) is 0 Å². The van der Waals surface area contributed by atoms with E-state index in [0.29, 0.717) is 0 Å². The van der Waals surface area contributed by atoms with Gasteiger partial charge in [-0.15, -0.1) is 0 Å². The summed E-state index contributed by atoms with van der Waals surface area (Å²) >= 11 is 1.57. The molecule has 0 amide bonds. The third kappa shape index (κ3) is 2.37. The summed E-state index contributed by atoms with van der Waals surface area (Å²) < 4.78 is 0. The van der Waals surface area contributed by atoms with Crippen molar-refractivity contribution in [3.05, 3.63) is 46.9 Å². The van der Waals surface area contributed by atoms with Crippen molar-refractivity contribution in [1.82, 2.24) is 19.9 Å². The summed E-state index contributed by atoms with van der Waals surface area (Å²) in [6.45, 7) is 3.96. The quantitative estimate of drug-likeness (QED) is 0.712. The number of nitrogens with zero attached hydrogens (tertiary/aromatic N) is 3. The maximum atomic E-state index is 4.46. The highest BCUT2D eigenvalue weighted by molar-refractivity contribution is 7.98. The van der Waals surface area contributed by atoms with E-state index in [9.17, 15) is 0 Å². The molecule has 19 heavy (non-hydrogen) atoms. The Morgan fingerprint density at radius 1 is 1.21 bits per heavy atom. The van der Waals surface area contributed by atoms with Gasteiger partial charge >= 0.3 is 0 Å². The van der Waals surface area contributed by atoms with Crippen LogP contribution in [-0.2, 0) is 0 Å². The Morgan fingerprint density at radius 2 is 2.00 bits per heavy atom. The Balaban J connectivity index is 2.14. The average molecular weight is 268 g/mol. The van der Waals surface area contributed by atoms with Gasteiger partial charge in [0.05, 0.1) is 21.7 Å². The van der Waals surface area contributed by atoms with Crippen LogP contribution >= 0.6 is 11.8 Å². The maximum absolute atomic E-state index is 4.46. The van der Waals surface area contributed by atoms with Crippen molar-refractivity contribution in [3.63, 3.8) is 0 Å². The van der Waals surface area contributed by atoms with Crippen molar-refractivity contribution in [3.8, 4) is 0 Å². The molecule has 3 rings (SSSR count). The van der Waals surface area contributed by atoms with E-state index in [2.05, 4.69) is 26.5 Å². The van der Waals surface area contributed by atoms with Crippen LogP contribution in [0.25, 0.3) is 23.7 Å². The molecule has 0 saturated carbocycles. The average Bonchev–Trinajstić information content (AvgIpc) is 2.79. The van der Waals surface area contributed by atoms with Crippen molar-refractivity contribution < 1.29 is 0 Å². The van der Waals surface area contributed by atoms with Crippen molar-refractivity contribution in [2.75, 3.05) is 6.26 Å². The Morgan fingerprint density at radius 3 is 2.74 bits per heavy atom. The number of hydrogen-bond donors (Lipinski definition) is 1. The molecule has 1 N–H and O–H groups in total. The largest absolute Gasteiger partial charge is 0.333 e. The van der Waals surface area contributed by atoms with Crippen LogP contribution in [0.15, 0.2) is 35.7 Å². The Hall–Kier alpha value is -2.14. The molecule has 0 aliphatic rings. The van der Waals surface area contributed by atoms with Crippen LogP contribution in [0, 0.1) is 0 Å². The fourth-order valence-corrected chi connectivity index (χ4v) is 2.26. The van der Waals surface area contributed by atoms with Crippen LogP contribution in [-0.4, -0.2) is 26.2 Å². The fraction of sp³-hybridized carbons (Fsp3) is 0.0714. The minimum atomic E-state index is 0.823. The van der Waals surface area contributed by atoms with E-state index >= 15 is 0 Å². The number of fused-ring (bicyclic) bond motifs is 1.